The van der Waals surface area contributed by atoms with Crippen molar-refractivity contribution in [3.05, 3.63) is 65.5 Å². The van der Waals surface area contributed by atoms with E-state index < -0.39 is 0 Å². The van der Waals surface area contributed by atoms with Crippen molar-refractivity contribution in [1.29, 1.82) is 0 Å². The summed E-state index contributed by atoms with van der Waals surface area (Å²) in [4.78, 5) is 1.25. The molecule has 1 aromatic heterocycles. The molecule has 0 aliphatic rings. The number of benzene rings is 2. The molecule has 1 unspecified atom stereocenters. The van der Waals surface area contributed by atoms with Gasteiger partial charge >= 0.3 is 0 Å². The van der Waals surface area contributed by atoms with Crippen LogP contribution in [0.2, 0.25) is 0 Å². The molecule has 0 N–H and O–H groups in total. The summed E-state index contributed by atoms with van der Waals surface area (Å²) in [6.45, 7) is 6.33. The standard InChI is InChI=1S/C18H18N2OS/c1-12-9-10-16(13(2)11-12)22-14(3)17-19-20-18(21-17)15-7-5-4-6-8-15/h4-11,14H,1-3H3. The van der Waals surface area contributed by atoms with Gasteiger partial charge < -0.3 is 4.42 Å². The van der Waals surface area contributed by atoms with E-state index in [4.69, 9.17) is 4.42 Å². The van der Waals surface area contributed by atoms with Crippen LogP contribution in [0.15, 0.2) is 57.8 Å². The first-order valence-electron chi connectivity index (χ1n) is 7.26. The Kier molecular flexibility index (Phi) is 4.29. The topological polar surface area (TPSA) is 38.9 Å². The smallest absolute Gasteiger partial charge is 0.247 e. The highest BCUT2D eigenvalue weighted by Crippen LogP contribution is 2.36. The molecule has 2 aromatic carbocycles. The molecule has 0 aliphatic carbocycles. The molecule has 0 amide bonds. The molecule has 1 atom stereocenters. The normalized spacial score (nSPS) is 12.3. The van der Waals surface area contributed by atoms with E-state index in [-0.39, 0.29) is 5.25 Å². The molecule has 0 bridgehead atoms. The summed E-state index contributed by atoms with van der Waals surface area (Å²) in [5.74, 6) is 1.23. The van der Waals surface area contributed by atoms with Gasteiger partial charge in [0.05, 0.1) is 5.25 Å². The minimum atomic E-state index is 0.117. The lowest BCUT2D eigenvalue weighted by Crippen LogP contribution is -1.90. The van der Waals surface area contributed by atoms with Gasteiger partial charge in [-0.05, 0) is 44.5 Å². The average molecular weight is 310 g/mol. The fourth-order valence-corrected chi connectivity index (χ4v) is 3.24. The molecule has 112 valence electrons. The number of rotatable bonds is 4. The van der Waals surface area contributed by atoms with Crippen molar-refractivity contribution in [3.63, 3.8) is 0 Å². The average Bonchev–Trinajstić information content (AvgIpc) is 3.01. The predicted octanol–water partition coefficient (Wildman–Crippen LogP) is 5.21. The van der Waals surface area contributed by atoms with Gasteiger partial charge in [-0.15, -0.1) is 22.0 Å². The van der Waals surface area contributed by atoms with Crippen molar-refractivity contribution in [2.45, 2.75) is 30.9 Å². The van der Waals surface area contributed by atoms with Crippen molar-refractivity contribution in [3.8, 4) is 11.5 Å². The van der Waals surface area contributed by atoms with Crippen molar-refractivity contribution in [2.75, 3.05) is 0 Å². The summed E-state index contributed by atoms with van der Waals surface area (Å²) in [5.41, 5.74) is 3.50. The second-order valence-corrected chi connectivity index (χ2v) is 6.72. The minimum Gasteiger partial charge on any atom is -0.419 e. The molecule has 3 nitrogen and oxygen atoms in total. The Hall–Kier alpha value is -2.07. The van der Waals surface area contributed by atoms with Gasteiger partial charge in [-0.25, -0.2) is 0 Å². The Bertz CT molecular complexity index is 768. The third kappa shape index (κ3) is 3.22. The van der Waals surface area contributed by atoms with Crippen LogP contribution in [0.4, 0.5) is 0 Å². The van der Waals surface area contributed by atoms with Gasteiger partial charge in [-0.1, -0.05) is 35.9 Å². The van der Waals surface area contributed by atoms with Gasteiger partial charge in [-0.3, -0.25) is 0 Å². The first kappa shape index (κ1) is 14.9. The predicted molar refractivity (Wildman–Crippen MR) is 89.9 cm³/mol. The molecular formula is C18H18N2OS. The first-order chi connectivity index (χ1) is 10.6. The quantitative estimate of drug-likeness (QED) is 0.620. The highest BCUT2D eigenvalue weighted by molar-refractivity contribution is 7.99. The van der Waals surface area contributed by atoms with E-state index in [0.717, 1.165) is 5.56 Å². The van der Waals surface area contributed by atoms with Gasteiger partial charge in [0.25, 0.3) is 0 Å². The maximum atomic E-state index is 5.82. The SMILES string of the molecule is Cc1ccc(SC(C)c2nnc(-c3ccccc3)o2)c(C)c1. The fourth-order valence-electron chi connectivity index (χ4n) is 2.27. The largest absolute Gasteiger partial charge is 0.419 e. The van der Waals surface area contributed by atoms with Crippen LogP contribution in [-0.4, -0.2) is 10.2 Å². The van der Waals surface area contributed by atoms with Crippen LogP contribution in [0.5, 0.6) is 0 Å². The Morgan fingerprint density at radius 1 is 1.00 bits per heavy atom. The number of nitrogens with zero attached hydrogens (tertiary/aromatic N) is 2. The van der Waals surface area contributed by atoms with Crippen molar-refractivity contribution in [2.24, 2.45) is 0 Å². The fraction of sp³-hybridized carbons (Fsp3) is 0.222. The van der Waals surface area contributed by atoms with Crippen LogP contribution in [0.25, 0.3) is 11.5 Å². The van der Waals surface area contributed by atoms with E-state index in [9.17, 15) is 0 Å². The van der Waals surface area contributed by atoms with Crippen LogP contribution in [0.3, 0.4) is 0 Å². The Morgan fingerprint density at radius 2 is 1.77 bits per heavy atom. The molecule has 0 aliphatic heterocycles. The van der Waals surface area contributed by atoms with Gasteiger partial charge in [-0.2, -0.15) is 0 Å². The zero-order chi connectivity index (χ0) is 15.5. The van der Waals surface area contributed by atoms with E-state index in [1.807, 2.05) is 30.3 Å². The number of hydrogen-bond donors (Lipinski definition) is 0. The molecule has 0 saturated carbocycles. The van der Waals surface area contributed by atoms with Crippen LogP contribution in [0.1, 0.15) is 29.2 Å². The molecule has 0 saturated heterocycles. The van der Waals surface area contributed by atoms with Crippen molar-refractivity contribution in [1.82, 2.24) is 10.2 Å². The molecule has 1 heterocycles. The van der Waals surface area contributed by atoms with Crippen molar-refractivity contribution < 1.29 is 4.42 Å². The summed E-state index contributed by atoms with van der Waals surface area (Å²) in [7, 11) is 0. The maximum Gasteiger partial charge on any atom is 0.247 e. The van der Waals surface area contributed by atoms with Gasteiger partial charge in [0.2, 0.25) is 11.8 Å². The molecule has 3 aromatic rings. The van der Waals surface area contributed by atoms with E-state index >= 15 is 0 Å². The number of aromatic nitrogens is 2. The van der Waals surface area contributed by atoms with E-state index in [1.54, 1.807) is 11.8 Å². The Balaban J connectivity index is 1.78. The van der Waals surface area contributed by atoms with E-state index in [2.05, 4.69) is 49.2 Å². The third-order valence-electron chi connectivity index (χ3n) is 3.44. The lowest BCUT2D eigenvalue weighted by atomic mass is 10.2. The second-order valence-electron chi connectivity index (χ2n) is 5.34. The highest BCUT2D eigenvalue weighted by atomic mass is 32.2. The summed E-state index contributed by atoms with van der Waals surface area (Å²) in [5, 5.41) is 8.47. The third-order valence-corrected chi connectivity index (χ3v) is 4.71. The summed E-state index contributed by atoms with van der Waals surface area (Å²) in [6.07, 6.45) is 0. The zero-order valence-electron chi connectivity index (χ0n) is 12.9. The molecule has 3 rings (SSSR count). The van der Waals surface area contributed by atoms with Crippen LogP contribution in [0, 0.1) is 13.8 Å². The lowest BCUT2D eigenvalue weighted by molar-refractivity contribution is 0.509. The lowest BCUT2D eigenvalue weighted by Gasteiger charge is -2.10. The van der Waals surface area contributed by atoms with Crippen LogP contribution >= 0.6 is 11.8 Å². The monoisotopic (exact) mass is 310 g/mol. The maximum absolute atomic E-state index is 5.82. The van der Waals surface area contributed by atoms with E-state index in [1.165, 1.54) is 16.0 Å². The second kappa shape index (κ2) is 6.36. The summed E-state index contributed by atoms with van der Waals surface area (Å²) in [6, 6.07) is 16.3. The number of thioether (sulfide) groups is 1. The van der Waals surface area contributed by atoms with Crippen LogP contribution in [-0.2, 0) is 0 Å². The van der Waals surface area contributed by atoms with Crippen LogP contribution < -0.4 is 0 Å². The first-order valence-corrected chi connectivity index (χ1v) is 8.14. The molecule has 0 radical (unpaired) electrons. The molecule has 0 spiro atoms. The summed E-state index contributed by atoms with van der Waals surface area (Å²) < 4.78 is 5.82. The van der Waals surface area contributed by atoms with Gasteiger partial charge in [0, 0.05) is 10.5 Å². The van der Waals surface area contributed by atoms with E-state index in [0.29, 0.717) is 11.8 Å². The minimum absolute atomic E-state index is 0.117. The summed E-state index contributed by atoms with van der Waals surface area (Å²) >= 11 is 1.74. The molecule has 22 heavy (non-hydrogen) atoms. The Morgan fingerprint density at radius 3 is 2.50 bits per heavy atom. The Labute approximate surface area is 134 Å². The number of aryl methyl sites for hydroxylation is 2. The molecule has 0 fully saturated rings. The number of hydrogen-bond acceptors (Lipinski definition) is 4. The highest BCUT2D eigenvalue weighted by Gasteiger charge is 2.17. The van der Waals surface area contributed by atoms with Crippen molar-refractivity contribution >= 4 is 11.8 Å². The molecular weight excluding hydrogens is 292 g/mol. The molecule has 4 heteroatoms. The zero-order valence-corrected chi connectivity index (χ0v) is 13.7. The van der Waals surface area contributed by atoms with Gasteiger partial charge in [0.15, 0.2) is 0 Å². The van der Waals surface area contributed by atoms with Gasteiger partial charge in [0.1, 0.15) is 0 Å².